The van der Waals surface area contributed by atoms with Crippen LogP contribution in [0, 0.1) is 3.57 Å². The van der Waals surface area contributed by atoms with Crippen molar-refractivity contribution in [2.24, 2.45) is 5.10 Å². The van der Waals surface area contributed by atoms with Crippen LogP contribution in [0.4, 0.5) is 0 Å². The van der Waals surface area contributed by atoms with E-state index in [1.54, 1.807) is 12.3 Å². The SMILES string of the molecule is CCCc1nc2ccc(Br)cc2c(=O)n1N=Cc1cc(I)c(OCc2cccc3ccccc23)c(OCC)c1. The van der Waals surface area contributed by atoms with Crippen molar-refractivity contribution in [1.29, 1.82) is 0 Å². The molecule has 5 rings (SSSR count). The van der Waals surface area contributed by atoms with Gasteiger partial charge in [-0.2, -0.15) is 9.78 Å². The molecule has 0 saturated carbocycles. The number of fused-ring (bicyclic) bond motifs is 2. The van der Waals surface area contributed by atoms with E-state index in [0.29, 0.717) is 47.9 Å². The molecule has 0 radical (unpaired) electrons. The van der Waals surface area contributed by atoms with E-state index in [1.165, 1.54) is 15.4 Å². The van der Waals surface area contributed by atoms with E-state index in [4.69, 9.17) is 14.5 Å². The molecule has 0 bridgehead atoms. The van der Waals surface area contributed by atoms with Crippen LogP contribution in [0.2, 0.25) is 0 Å². The summed E-state index contributed by atoms with van der Waals surface area (Å²) in [6, 6.07) is 23.9. The molecule has 0 saturated heterocycles. The summed E-state index contributed by atoms with van der Waals surface area (Å²) >= 11 is 5.71. The number of hydrogen-bond acceptors (Lipinski definition) is 5. The molecule has 0 unspecified atom stereocenters. The van der Waals surface area contributed by atoms with E-state index < -0.39 is 0 Å². The van der Waals surface area contributed by atoms with Crippen LogP contribution >= 0.6 is 38.5 Å². The van der Waals surface area contributed by atoms with Crippen LogP contribution in [0.5, 0.6) is 11.5 Å². The summed E-state index contributed by atoms with van der Waals surface area (Å²) < 4.78 is 15.4. The molecule has 4 aromatic carbocycles. The van der Waals surface area contributed by atoms with Gasteiger partial charge in [-0.15, -0.1) is 0 Å². The summed E-state index contributed by atoms with van der Waals surface area (Å²) in [6.07, 6.45) is 3.16. The number of rotatable bonds is 9. The Labute approximate surface area is 248 Å². The second-order valence-electron chi connectivity index (χ2n) is 8.99. The fraction of sp³-hybridized carbons (Fsp3) is 0.194. The average molecular weight is 696 g/mol. The standard InChI is InChI=1S/C31H27BrIN3O3/c1-3-8-29-35-27-14-13-23(32)17-25(27)31(37)36(29)34-18-20-15-26(33)30(28(16-20)38-4-2)39-19-22-11-7-10-21-9-5-6-12-24(21)22/h5-7,9-18H,3-4,8,19H2,1-2H3. The molecule has 1 aromatic heterocycles. The summed E-state index contributed by atoms with van der Waals surface area (Å²) in [7, 11) is 0. The Morgan fingerprint density at radius 1 is 1.00 bits per heavy atom. The number of benzene rings is 4. The van der Waals surface area contributed by atoms with Gasteiger partial charge in [0.2, 0.25) is 0 Å². The van der Waals surface area contributed by atoms with Crippen molar-refractivity contribution in [3.8, 4) is 11.5 Å². The lowest BCUT2D eigenvalue weighted by molar-refractivity contribution is 0.268. The molecule has 0 aliphatic carbocycles. The van der Waals surface area contributed by atoms with Gasteiger partial charge in [-0.1, -0.05) is 65.3 Å². The summed E-state index contributed by atoms with van der Waals surface area (Å²) in [5.41, 5.74) is 2.37. The molecule has 1 heterocycles. The van der Waals surface area contributed by atoms with Gasteiger partial charge in [0, 0.05) is 10.9 Å². The molecule has 6 nitrogen and oxygen atoms in total. The zero-order valence-corrected chi connectivity index (χ0v) is 25.4. The molecule has 8 heteroatoms. The van der Waals surface area contributed by atoms with Crippen LogP contribution in [0.25, 0.3) is 21.7 Å². The highest BCUT2D eigenvalue weighted by molar-refractivity contribution is 14.1. The predicted molar refractivity (Wildman–Crippen MR) is 169 cm³/mol. The topological polar surface area (TPSA) is 65.7 Å². The molecule has 0 aliphatic heterocycles. The quantitative estimate of drug-likeness (QED) is 0.117. The van der Waals surface area contributed by atoms with E-state index in [0.717, 1.165) is 25.6 Å². The number of halogens is 2. The van der Waals surface area contributed by atoms with Gasteiger partial charge >= 0.3 is 0 Å². The maximum Gasteiger partial charge on any atom is 0.282 e. The van der Waals surface area contributed by atoms with Crippen molar-refractivity contribution in [3.05, 3.63) is 108 Å². The minimum atomic E-state index is -0.198. The molecule has 0 aliphatic rings. The van der Waals surface area contributed by atoms with E-state index in [2.05, 4.69) is 74.8 Å². The molecule has 5 aromatic rings. The predicted octanol–water partition coefficient (Wildman–Crippen LogP) is 7.73. The highest BCUT2D eigenvalue weighted by atomic mass is 127. The number of aromatic nitrogens is 2. The van der Waals surface area contributed by atoms with Gasteiger partial charge in [0.1, 0.15) is 12.4 Å². The highest BCUT2D eigenvalue weighted by Crippen LogP contribution is 2.35. The van der Waals surface area contributed by atoms with Gasteiger partial charge < -0.3 is 9.47 Å². The van der Waals surface area contributed by atoms with Gasteiger partial charge in [0.25, 0.3) is 5.56 Å². The van der Waals surface area contributed by atoms with Gasteiger partial charge in [-0.25, -0.2) is 4.98 Å². The van der Waals surface area contributed by atoms with Crippen LogP contribution in [0.3, 0.4) is 0 Å². The third-order valence-corrected chi connectivity index (χ3v) is 7.55. The maximum atomic E-state index is 13.3. The number of hydrogen-bond donors (Lipinski definition) is 0. The Morgan fingerprint density at radius 2 is 1.82 bits per heavy atom. The van der Waals surface area contributed by atoms with E-state index in [-0.39, 0.29) is 5.56 Å². The lowest BCUT2D eigenvalue weighted by Crippen LogP contribution is -2.22. The molecular formula is C31H27BrIN3O3. The second kappa shape index (κ2) is 12.3. The summed E-state index contributed by atoms with van der Waals surface area (Å²) in [5, 5.41) is 7.44. The molecule has 0 N–H and O–H groups in total. The van der Waals surface area contributed by atoms with Crippen molar-refractivity contribution in [2.75, 3.05) is 6.61 Å². The Balaban J connectivity index is 1.48. The minimum absolute atomic E-state index is 0.198. The van der Waals surface area contributed by atoms with Gasteiger partial charge in [0.05, 0.1) is 27.3 Å². The molecule has 39 heavy (non-hydrogen) atoms. The smallest absolute Gasteiger partial charge is 0.282 e. The molecule has 198 valence electrons. The molecular weight excluding hydrogens is 669 g/mol. The van der Waals surface area contributed by atoms with Crippen molar-refractivity contribution >= 4 is 66.4 Å². The minimum Gasteiger partial charge on any atom is -0.490 e. The summed E-state index contributed by atoms with van der Waals surface area (Å²) in [4.78, 5) is 18.1. The molecule has 0 spiro atoms. The lowest BCUT2D eigenvalue weighted by Gasteiger charge is -2.15. The number of ether oxygens (including phenoxy) is 2. The van der Waals surface area contributed by atoms with E-state index in [9.17, 15) is 4.79 Å². The summed E-state index contributed by atoms with van der Waals surface area (Å²) in [5.74, 6) is 1.94. The second-order valence-corrected chi connectivity index (χ2v) is 11.1. The fourth-order valence-corrected chi connectivity index (χ4v) is 5.60. The van der Waals surface area contributed by atoms with Crippen LogP contribution in [0.15, 0.2) is 87.2 Å². The van der Waals surface area contributed by atoms with E-state index >= 15 is 0 Å². The number of aryl methyl sites for hydroxylation is 1. The zero-order chi connectivity index (χ0) is 27.4. The Morgan fingerprint density at radius 3 is 2.64 bits per heavy atom. The zero-order valence-electron chi connectivity index (χ0n) is 21.7. The fourth-order valence-electron chi connectivity index (χ4n) is 4.46. The van der Waals surface area contributed by atoms with Crippen molar-refractivity contribution in [1.82, 2.24) is 9.66 Å². The van der Waals surface area contributed by atoms with E-state index in [1.807, 2.05) is 49.4 Å². The highest BCUT2D eigenvalue weighted by Gasteiger charge is 2.14. The lowest BCUT2D eigenvalue weighted by atomic mass is 10.1. The first kappa shape index (κ1) is 27.3. The first-order valence-corrected chi connectivity index (χ1v) is 14.7. The van der Waals surface area contributed by atoms with Crippen LogP contribution < -0.4 is 15.0 Å². The molecule has 0 fully saturated rings. The molecule has 0 amide bonds. The van der Waals surface area contributed by atoms with Gasteiger partial charge in [-0.3, -0.25) is 4.79 Å². The van der Waals surface area contributed by atoms with Crippen molar-refractivity contribution in [3.63, 3.8) is 0 Å². The third-order valence-electron chi connectivity index (χ3n) is 6.25. The largest absolute Gasteiger partial charge is 0.490 e. The summed E-state index contributed by atoms with van der Waals surface area (Å²) in [6.45, 7) is 4.90. The van der Waals surface area contributed by atoms with Gasteiger partial charge in [0.15, 0.2) is 11.5 Å². The maximum absolute atomic E-state index is 13.3. The van der Waals surface area contributed by atoms with Crippen LogP contribution in [-0.2, 0) is 13.0 Å². The molecule has 0 atom stereocenters. The first-order chi connectivity index (χ1) is 19.0. The average Bonchev–Trinajstić information content (AvgIpc) is 2.93. The van der Waals surface area contributed by atoms with Crippen LogP contribution in [-0.4, -0.2) is 22.5 Å². The number of nitrogens with zero attached hydrogens (tertiary/aromatic N) is 3. The Hall–Kier alpha value is -3.24. The Bertz CT molecular complexity index is 1740. The Kier molecular flexibility index (Phi) is 8.62. The third kappa shape index (κ3) is 6.01. The van der Waals surface area contributed by atoms with Gasteiger partial charge in [-0.05, 0) is 88.2 Å². The van der Waals surface area contributed by atoms with Crippen molar-refractivity contribution in [2.45, 2.75) is 33.3 Å². The van der Waals surface area contributed by atoms with Crippen LogP contribution in [0.1, 0.15) is 37.2 Å². The first-order valence-electron chi connectivity index (χ1n) is 12.8. The normalized spacial score (nSPS) is 11.5. The monoisotopic (exact) mass is 695 g/mol. The van der Waals surface area contributed by atoms with Crippen molar-refractivity contribution < 1.29 is 9.47 Å².